The summed E-state index contributed by atoms with van der Waals surface area (Å²) in [6.45, 7) is 0.860. The van der Waals surface area contributed by atoms with Crippen molar-refractivity contribution in [2.45, 2.75) is 57.8 Å². The molecule has 202 valence electrons. The van der Waals surface area contributed by atoms with E-state index < -0.39 is 23.9 Å². The van der Waals surface area contributed by atoms with Crippen LogP contribution in [0, 0.1) is 0 Å². The van der Waals surface area contributed by atoms with Gasteiger partial charge in [0.05, 0.1) is 24.3 Å². The molecule has 4 N–H and O–H groups in total. The average molecular weight is 519 g/mol. The standard InChI is InChI=1S/C17H16O6.C10H18O4/c18-16(19)12-2-6-14(7-3-12)22-10-1-11-23-15-8-4-13(5-9-15)17(20)21;11-9(12)7-5-3-1-2-4-6-8-10(13)14/h2-9H,1,10-11H2,(H,18,19)(H,20,21);1-8H2,(H,11,12)(H,13,14). The SMILES string of the molecule is O=C(O)CCCCCCCCC(=O)O.O=C(O)c1ccc(OCCCOc2ccc(C(=O)O)cc2)cc1. The van der Waals surface area contributed by atoms with Gasteiger partial charge in [-0.25, -0.2) is 9.59 Å². The van der Waals surface area contributed by atoms with Gasteiger partial charge in [-0.2, -0.15) is 0 Å². The normalized spacial score (nSPS) is 10.1. The molecule has 2 rings (SSSR count). The zero-order valence-corrected chi connectivity index (χ0v) is 20.6. The Hall–Kier alpha value is -4.08. The third kappa shape index (κ3) is 15.5. The van der Waals surface area contributed by atoms with Gasteiger partial charge in [-0.3, -0.25) is 9.59 Å². The molecule has 0 aliphatic rings. The number of carbonyl (C=O) groups is 4. The van der Waals surface area contributed by atoms with E-state index in [0.29, 0.717) is 31.1 Å². The van der Waals surface area contributed by atoms with Gasteiger partial charge in [-0.15, -0.1) is 0 Å². The van der Waals surface area contributed by atoms with Crippen LogP contribution >= 0.6 is 0 Å². The van der Waals surface area contributed by atoms with Crippen LogP contribution in [0.2, 0.25) is 0 Å². The van der Waals surface area contributed by atoms with Gasteiger partial charge in [-0.05, 0) is 61.4 Å². The first-order valence-corrected chi connectivity index (χ1v) is 12.0. The van der Waals surface area contributed by atoms with Crippen LogP contribution in [0.4, 0.5) is 0 Å². The fourth-order valence-corrected chi connectivity index (χ4v) is 3.09. The summed E-state index contributed by atoms with van der Waals surface area (Å²) in [4.78, 5) is 41.7. The molecule has 0 atom stereocenters. The van der Waals surface area contributed by atoms with E-state index in [4.69, 9.17) is 29.9 Å². The van der Waals surface area contributed by atoms with E-state index in [9.17, 15) is 19.2 Å². The van der Waals surface area contributed by atoms with Crippen molar-refractivity contribution in [3.63, 3.8) is 0 Å². The number of rotatable bonds is 17. The molecule has 0 aromatic heterocycles. The summed E-state index contributed by atoms with van der Waals surface area (Å²) in [5, 5.41) is 34.3. The van der Waals surface area contributed by atoms with Crippen LogP contribution in [0.1, 0.15) is 78.5 Å². The van der Waals surface area contributed by atoms with E-state index in [1.165, 1.54) is 24.3 Å². The van der Waals surface area contributed by atoms with Crippen molar-refractivity contribution in [3.8, 4) is 11.5 Å². The Balaban J connectivity index is 0.000000422. The van der Waals surface area contributed by atoms with Crippen LogP contribution in [-0.2, 0) is 9.59 Å². The molecule has 0 unspecified atom stereocenters. The van der Waals surface area contributed by atoms with E-state index in [1.54, 1.807) is 24.3 Å². The highest BCUT2D eigenvalue weighted by atomic mass is 16.5. The molecule has 0 saturated carbocycles. The lowest BCUT2D eigenvalue weighted by molar-refractivity contribution is -0.138. The Bertz CT molecular complexity index is 888. The summed E-state index contributed by atoms with van der Waals surface area (Å²) >= 11 is 0. The highest BCUT2D eigenvalue weighted by molar-refractivity contribution is 5.88. The minimum atomic E-state index is -0.973. The zero-order valence-electron chi connectivity index (χ0n) is 20.6. The molecule has 2 aromatic carbocycles. The molecule has 0 aliphatic carbocycles. The number of aromatic carboxylic acids is 2. The van der Waals surface area contributed by atoms with E-state index in [-0.39, 0.29) is 24.0 Å². The molecule has 10 heteroatoms. The first-order chi connectivity index (χ1) is 17.7. The molecule has 0 fully saturated rings. The van der Waals surface area contributed by atoms with Crippen LogP contribution in [0.5, 0.6) is 11.5 Å². The van der Waals surface area contributed by atoms with Gasteiger partial charge < -0.3 is 29.9 Å². The lowest BCUT2D eigenvalue weighted by atomic mass is 10.1. The number of hydrogen-bond acceptors (Lipinski definition) is 6. The third-order valence-electron chi connectivity index (χ3n) is 5.06. The zero-order chi connectivity index (χ0) is 27.5. The molecule has 0 aliphatic heterocycles. The van der Waals surface area contributed by atoms with E-state index >= 15 is 0 Å². The number of benzene rings is 2. The van der Waals surface area contributed by atoms with Gasteiger partial charge in [0, 0.05) is 19.3 Å². The number of unbranched alkanes of at least 4 members (excludes halogenated alkanes) is 5. The van der Waals surface area contributed by atoms with Gasteiger partial charge in [0.2, 0.25) is 0 Å². The molecular formula is C27H34O10. The highest BCUT2D eigenvalue weighted by Crippen LogP contribution is 2.14. The fourth-order valence-electron chi connectivity index (χ4n) is 3.09. The third-order valence-corrected chi connectivity index (χ3v) is 5.06. The van der Waals surface area contributed by atoms with Crippen molar-refractivity contribution in [1.82, 2.24) is 0 Å². The summed E-state index contributed by atoms with van der Waals surface area (Å²) in [6, 6.07) is 12.4. The highest BCUT2D eigenvalue weighted by Gasteiger charge is 2.04. The molecular weight excluding hydrogens is 484 g/mol. The van der Waals surface area contributed by atoms with Crippen LogP contribution in [-0.4, -0.2) is 57.5 Å². The van der Waals surface area contributed by atoms with Crippen LogP contribution in [0.3, 0.4) is 0 Å². The van der Waals surface area contributed by atoms with Crippen molar-refractivity contribution >= 4 is 23.9 Å². The molecule has 0 heterocycles. The number of carboxylic acid groups (broad SMARTS) is 4. The van der Waals surface area contributed by atoms with Gasteiger partial charge in [0.25, 0.3) is 0 Å². The van der Waals surface area contributed by atoms with Gasteiger partial charge in [-0.1, -0.05) is 25.7 Å². The Morgan fingerprint density at radius 2 is 0.811 bits per heavy atom. The van der Waals surface area contributed by atoms with E-state index in [0.717, 1.165) is 38.5 Å². The summed E-state index contributed by atoms with van der Waals surface area (Å²) in [5.41, 5.74) is 0.427. The second-order valence-corrected chi connectivity index (χ2v) is 8.12. The topological polar surface area (TPSA) is 168 Å². The first kappa shape index (κ1) is 31.0. The summed E-state index contributed by atoms with van der Waals surface area (Å²) in [6.07, 6.45) is 6.46. The van der Waals surface area contributed by atoms with Crippen LogP contribution < -0.4 is 9.47 Å². The Morgan fingerprint density at radius 1 is 0.486 bits per heavy atom. The fraction of sp³-hybridized carbons (Fsp3) is 0.407. The number of carboxylic acids is 4. The number of hydrogen-bond donors (Lipinski definition) is 4. The molecule has 0 amide bonds. The summed E-state index contributed by atoms with van der Waals surface area (Å²) < 4.78 is 11.0. The molecule has 2 aromatic rings. The second kappa shape index (κ2) is 18.2. The largest absolute Gasteiger partial charge is 0.493 e. The van der Waals surface area contributed by atoms with Crippen molar-refractivity contribution in [1.29, 1.82) is 0 Å². The van der Waals surface area contributed by atoms with Gasteiger partial charge in [0.1, 0.15) is 11.5 Å². The maximum absolute atomic E-state index is 10.7. The van der Waals surface area contributed by atoms with Crippen LogP contribution in [0.15, 0.2) is 48.5 Å². The quantitative estimate of drug-likeness (QED) is 0.204. The Morgan fingerprint density at radius 3 is 1.11 bits per heavy atom. The Kier molecular flexibility index (Phi) is 15.2. The predicted octanol–water partition coefficient (Wildman–Crippen LogP) is 5.21. The molecule has 0 radical (unpaired) electrons. The minimum Gasteiger partial charge on any atom is -0.493 e. The monoisotopic (exact) mass is 518 g/mol. The average Bonchev–Trinajstić information content (AvgIpc) is 2.86. The molecule has 10 nitrogen and oxygen atoms in total. The maximum Gasteiger partial charge on any atom is 0.335 e. The Labute approximate surface area is 215 Å². The summed E-state index contributed by atoms with van der Waals surface area (Å²) in [7, 11) is 0. The van der Waals surface area contributed by atoms with Crippen molar-refractivity contribution in [3.05, 3.63) is 59.7 Å². The summed E-state index contributed by atoms with van der Waals surface area (Å²) in [5.74, 6) is -2.23. The van der Waals surface area contributed by atoms with Crippen molar-refractivity contribution < 1.29 is 49.1 Å². The first-order valence-electron chi connectivity index (χ1n) is 12.0. The van der Waals surface area contributed by atoms with Crippen molar-refractivity contribution in [2.24, 2.45) is 0 Å². The predicted molar refractivity (Wildman–Crippen MR) is 135 cm³/mol. The van der Waals surface area contributed by atoms with Gasteiger partial charge >= 0.3 is 23.9 Å². The lowest BCUT2D eigenvalue weighted by Gasteiger charge is -2.08. The van der Waals surface area contributed by atoms with E-state index in [1.807, 2.05) is 0 Å². The van der Waals surface area contributed by atoms with Crippen LogP contribution in [0.25, 0.3) is 0 Å². The smallest absolute Gasteiger partial charge is 0.335 e. The second-order valence-electron chi connectivity index (χ2n) is 8.12. The maximum atomic E-state index is 10.7. The van der Waals surface area contributed by atoms with Crippen molar-refractivity contribution in [2.75, 3.05) is 13.2 Å². The molecule has 0 bridgehead atoms. The minimum absolute atomic E-state index is 0.213. The van der Waals surface area contributed by atoms with Gasteiger partial charge in [0.15, 0.2) is 0 Å². The molecule has 0 saturated heterocycles. The molecule has 37 heavy (non-hydrogen) atoms. The number of aliphatic carboxylic acids is 2. The van der Waals surface area contributed by atoms with E-state index in [2.05, 4.69) is 0 Å². The lowest BCUT2D eigenvalue weighted by Crippen LogP contribution is -2.05. The molecule has 0 spiro atoms. The number of ether oxygens (including phenoxy) is 2.